The molecule has 0 aromatic rings. The second-order valence-corrected chi connectivity index (χ2v) is 5.10. The third-order valence-electron chi connectivity index (χ3n) is 3.46. The first-order valence-electron chi connectivity index (χ1n) is 6.79. The number of carbonyl (C=O) groups excluding carboxylic acids is 1. The summed E-state index contributed by atoms with van der Waals surface area (Å²) in [6, 6.07) is -0.292. The van der Waals surface area contributed by atoms with E-state index in [0.29, 0.717) is 13.0 Å². The van der Waals surface area contributed by atoms with Crippen LogP contribution in [0.1, 0.15) is 51.4 Å². The van der Waals surface area contributed by atoms with Crippen LogP contribution in [0.15, 0.2) is 0 Å². The molecule has 1 aliphatic rings. The van der Waals surface area contributed by atoms with Crippen molar-refractivity contribution in [2.75, 3.05) is 6.54 Å². The SMILES string of the molecule is C#CCCCNC(=O)NC1(CC(=O)O)CCCCC1. The van der Waals surface area contributed by atoms with Gasteiger partial charge >= 0.3 is 12.0 Å². The molecule has 2 amide bonds. The molecular formula is C14H22N2O3. The normalized spacial score (nSPS) is 17.2. The maximum absolute atomic E-state index is 11.8. The van der Waals surface area contributed by atoms with Gasteiger partial charge in [0.05, 0.1) is 12.0 Å². The van der Waals surface area contributed by atoms with Gasteiger partial charge in [0.15, 0.2) is 0 Å². The van der Waals surface area contributed by atoms with Crippen molar-refractivity contribution in [1.29, 1.82) is 0 Å². The average Bonchev–Trinajstić information content (AvgIpc) is 2.34. The number of amides is 2. The van der Waals surface area contributed by atoms with Crippen LogP contribution in [-0.2, 0) is 4.79 Å². The van der Waals surface area contributed by atoms with E-state index in [4.69, 9.17) is 11.5 Å². The molecule has 1 saturated carbocycles. The fraction of sp³-hybridized carbons (Fsp3) is 0.714. The summed E-state index contributed by atoms with van der Waals surface area (Å²) >= 11 is 0. The highest BCUT2D eigenvalue weighted by atomic mass is 16.4. The number of carboxylic acids is 1. The summed E-state index contributed by atoms with van der Waals surface area (Å²) < 4.78 is 0. The summed E-state index contributed by atoms with van der Waals surface area (Å²) in [4.78, 5) is 22.8. The van der Waals surface area contributed by atoms with Crippen molar-refractivity contribution in [2.45, 2.75) is 56.9 Å². The fourth-order valence-corrected chi connectivity index (χ4v) is 2.54. The van der Waals surface area contributed by atoms with E-state index in [-0.39, 0.29) is 12.5 Å². The van der Waals surface area contributed by atoms with Gasteiger partial charge in [-0.15, -0.1) is 12.3 Å². The second-order valence-electron chi connectivity index (χ2n) is 5.10. The number of hydrogen-bond acceptors (Lipinski definition) is 2. The number of unbranched alkanes of at least 4 members (excludes halogenated alkanes) is 1. The Labute approximate surface area is 114 Å². The number of nitrogens with one attached hydrogen (secondary N) is 2. The maximum atomic E-state index is 11.8. The van der Waals surface area contributed by atoms with E-state index in [0.717, 1.165) is 38.5 Å². The predicted molar refractivity (Wildman–Crippen MR) is 72.7 cm³/mol. The van der Waals surface area contributed by atoms with E-state index < -0.39 is 11.5 Å². The topological polar surface area (TPSA) is 78.4 Å². The van der Waals surface area contributed by atoms with Crippen LogP contribution in [0, 0.1) is 12.3 Å². The molecule has 106 valence electrons. The van der Waals surface area contributed by atoms with E-state index in [1.165, 1.54) is 0 Å². The van der Waals surface area contributed by atoms with E-state index in [1.807, 2.05) is 0 Å². The lowest BCUT2D eigenvalue weighted by atomic mass is 9.79. The van der Waals surface area contributed by atoms with E-state index >= 15 is 0 Å². The van der Waals surface area contributed by atoms with Crippen molar-refractivity contribution in [3.63, 3.8) is 0 Å². The van der Waals surface area contributed by atoms with Gasteiger partial charge in [0.2, 0.25) is 0 Å². The summed E-state index contributed by atoms with van der Waals surface area (Å²) in [7, 11) is 0. The molecule has 0 aliphatic heterocycles. The molecular weight excluding hydrogens is 244 g/mol. The molecule has 0 heterocycles. The van der Waals surface area contributed by atoms with E-state index in [2.05, 4.69) is 16.6 Å². The van der Waals surface area contributed by atoms with Crippen LogP contribution >= 0.6 is 0 Å². The molecule has 0 atom stereocenters. The zero-order chi connectivity index (χ0) is 14.1. The molecule has 0 spiro atoms. The molecule has 0 radical (unpaired) electrons. The van der Waals surface area contributed by atoms with Gasteiger partial charge in [-0.05, 0) is 19.3 Å². The van der Waals surface area contributed by atoms with Gasteiger partial charge in [-0.1, -0.05) is 19.3 Å². The Morgan fingerprint density at radius 2 is 1.95 bits per heavy atom. The quantitative estimate of drug-likeness (QED) is 0.507. The van der Waals surface area contributed by atoms with E-state index in [1.54, 1.807) is 0 Å². The standard InChI is InChI=1S/C14H22N2O3/c1-2-3-7-10-15-13(19)16-14(11-12(17)18)8-5-4-6-9-14/h1H,3-11H2,(H,17,18)(H2,15,16,19). The highest BCUT2D eigenvalue weighted by molar-refractivity contribution is 5.76. The van der Waals surface area contributed by atoms with Crippen molar-refractivity contribution >= 4 is 12.0 Å². The number of carboxylic acid groups (broad SMARTS) is 1. The molecule has 0 unspecified atom stereocenters. The van der Waals surface area contributed by atoms with Gasteiger partial charge < -0.3 is 15.7 Å². The third-order valence-corrected chi connectivity index (χ3v) is 3.46. The first-order chi connectivity index (χ1) is 9.08. The first kappa shape index (κ1) is 15.4. The van der Waals surface area contributed by atoms with Crippen molar-refractivity contribution in [2.24, 2.45) is 0 Å². The summed E-state index contributed by atoms with van der Waals surface area (Å²) in [6.45, 7) is 0.513. The van der Waals surface area contributed by atoms with Gasteiger partial charge in [-0.2, -0.15) is 0 Å². The Bertz CT molecular complexity index is 354. The van der Waals surface area contributed by atoms with Crippen molar-refractivity contribution in [3.8, 4) is 12.3 Å². The lowest BCUT2D eigenvalue weighted by Crippen LogP contribution is -2.54. The minimum absolute atomic E-state index is 0.00915. The zero-order valence-corrected chi connectivity index (χ0v) is 11.2. The Morgan fingerprint density at radius 1 is 1.26 bits per heavy atom. The fourth-order valence-electron chi connectivity index (χ4n) is 2.54. The molecule has 0 bridgehead atoms. The molecule has 1 rings (SSSR count). The molecule has 1 aliphatic carbocycles. The Balaban J connectivity index is 2.45. The average molecular weight is 266 g/mol. The summed E-state index contributed by atoms with van der Waals surface area (Å²) in [5.74, 6) is 1.64. The molecule has 5 heteroatoms. The minimum Gasteiger partial charge on any atom is -0.481 e. The van der Waals surface area contributed by atoms with Gasteiger partial charge in [0, 0.05) is 13.0 Å². The number of aliphatic carboxylic acids is 1. The first-order valence-corrected chi connectivity index (χ1v) is 6.79. The number of hydrogen-bond donors (Lipinski definition) is 3. The van der Waals surface area contributed by atoms with Crippen LogP contribution in [0.2, 0.25) is 0 Å². The lowest BCUT2D eigenvalue weighted by Gasteiger charge is -2.36. The van der Waals surface area contributed by atoms with Crippen LogP contribution in [0.3, 0.4) is 0 Å². The van der Waals surface area contributed by atoms with E-state index in [9.17, 15) is 9.59 Å². The highest BCUT2D eigenvalue weighted by Crippen LogP contribution is 2.31. The molecule has 5 nitrogen and oxygen atoms in total. The third kappa shape index (κ3) is 5.64. The van der Waals surface area contributed by atoms with Gasteiger partial charge in [0.25, 0.3) is 0 Å². The van der Waals surface area contributed by atoms with Gasteiger partial charge in [0.1, 0.15) is 0 Å². The molecule has 0 aromatic heterocycles. The summed E-state index contributed by atoms with van der Waals surface area (Å²) in [6.07, 6.45) is 11.0. The number of carbonyl (C=O) groups is 2. The molecule has 3 N–H and O–H groups in total. The van der Waals surface area contributed by atoms with Crippen LogP contribution in [0.25, 0.3) is 0 Å². The largest absolute Gasteiger partial charge is 0.481 e. The number of rotatable bonds is 6. The minimum atomic E-state index is -0.866. The van der Waals surface area contributed by atoms with Crippen LogP contribution in [-0.4, -0.2) is 29.2 Å². The Kier molecular flexibility index (Phi) is 6.20. The Hall–Kier alpha value is -1.70. The van der Waals surface area contributed by atoms with Gasteiger partial charge in [-0.3, -0.25) is 4.79 Å². The molecule has 0 saturated heterocycles. The highest BCUT2D eigenvalue weighted by Gasteiger charge is 2.35. The number of urea groups is 1. The van der Waals surface area contributed by atoms with Crippen LogP contribution < -0.4 is 10.6 Å². The van der Waals surface area contributed by atoms with Gasteiger partial charge in [-0.25, -0.2) is 4.79 Å². The van der Waals surface area contributed by atoms with Crippen molar-refractivity contribution in [1.82, 2.24) is 10.6 Å². The zero-order valence-electron chi connectivity index (χ0n) is 11.2. The monoisotopic (exact) mass is 266 g/mol. The Morgan fingerprint density at radius 3 is 2.53 bits per heavy atom. The second kappa shape index (κ2) is 7.67. The predicted octanol–water partition coefficient (Wildman–Crippen LogP) is 1.88. The van der Waals surface area contributed by atoms with Crippen molar-refractivity contribution in [3.05, 3.63) is 0 Å². The summed E-state index contributed by atoms with van der Waals surface area (Å²) in [5, 5.41) is 14.6. The van der Waals surface area contributed by atoms with Crippen LogP contribution in [0.4, 0.5) is 4.79 Å². The molecule has 0 aromatic carbocycles. The van der Waals surface area contributed by atoms with Crippen molar-refractivity contribution < 1.29 is 14.7 Å². The molecule has 19 heavy (non-hydrogen) atoms. The maximum Gasteiger partial charge on any atom is 0.315 e. The molecule has 1 fully saturated rings. The van der Waals surface area contributed by atoms with Crippen LogP contribution in [0.5, 0.6) is 0 Å². The lowest BCUT2D eigenvalue weighted by molar-refractivity contribution is -0.139. The number of terminal acetylenes is 1. The summed E-state index contributed by atoms with van der Waals surface area (Å²) in [5.41, 5.74) is -0.583. The smallest absolute Gasteiger partial charge is 0.315 e.